The number of anilines is 1. The van der Waals surface area contributed by atoms with Crippen LogP contribution >= 0.6 is 11.3 Å². The highest BCUT2D eigenvalue weighted by Gasteiger charge is 2.19. The number of nitrogens with zero attached hydrogens (tertiary/aromatic N) is 2. The Balaban J connectivity index is 1.57. The van der Waals surface area contributed by atoms with Gasteiger partial charge >= 0.3 is 6.03 Å². The Bertz CT molecular complexity index is 789. The lowest BCUT2D eigenvalue weighted by molar-refractivity contribution is 0.0303. The standard InChI is InChI=1S/C20H26N4O3S/c1-23(2)17(18-7-4-12-28-18)14-21-20(26)22-16-6-3-5-15(13-16)19(25)24-8-10-27-11-9-24/h3-7,12-13,17H,8-11,14H2,1-2H3,(H2,21,22,26). The van der Waals surface area contributed by atoms with Crippen molar-refractivity contribution in [2.24, 2.45) is 0 Å². The van der Waals surface area contributed by atoms with Gasteiger partial charge in [0.2, 0.25) is 0 Å². The Kier molecular flexibility index (Phi) is 7.02. The molecule has 28 heavy (non-hydrogen) atoms. The number of hydrogen-bond acceptors (Lipinski definition) is 5. The van der Waals surface area contributed by atoms with Crippen molar-refractivity contribution in [1.82, 2.24) is 15.1 Å². The lowest BCUT2D eigenvalue weighted by atomic mass is 10.1. The number of nitrogens with one attached hydrogen (secondary N) is 2. The normalized spacial score (nSPS) is 15.3. The van der Waals surface area contributed by atoms with E-state index in [1.54, 1.807) is 40.5 Å². The van der Waals surface area contributed by atoms with Crippen LogP contribution in [0, 0.1) is 0 Å². The second kappa shape index (κ2) is 9.68. The number of likely N-dealkylation sites (N-methyl/N-ethyl adjacent to an activating group) is 1. The lowest BCUT2D eigenvalue weighted by Crippen LogP contribution is -2.40. The van der Waals surface area contributed by atoms with E-state index in [0.717, 1.165) is 0 Å². The molecule has 2 heterocycles. The highest BCUT2D eigenvalue weighted by atomic mass is 32.1. The summed E-state index contributed by atoms with van der Waals surface area (Å²) in [5.74, 6) is -0.0438. The summed E-state index contributed by atoms with van der Waals surface area (Å²) in [5.41, 5.74) is 1.15. The Morgan fingerprint density at radius 1 is 1.21 bits per heavy atom. The number of hydrogen-bond donors (Lipinski definition) is 2. The van der Waals surface area contributed by atoms with E-state index in [0.29, 0.717) is 44.1 Å². The van der Waals surface area contributed by atoms with E-state index >= 15 is 0 Å². The number of rotatable bonds is 6. The zero-order valence-electron chi connectivity index (χ0n) is 16.2. The number of carbonyl (C=O) groups is 2. The highest BCUT2D eigenvalue weighted by molar-refractivity contribution is 7.10. The minimum atomic E-state index is -0.292. The molecule has 1 aliphatic heterocycles. The van der Waals surface area contributed by atoms with E-state index in [1.165, 1.54) is 4.88 Å². The predicted molar refractivity (Wildman–Crippen MR) is 111 cm³/mol. The van der Waals surface area contributed by atoms with Gasteiger partial charge in [-0.1, -0.05) is 12.1 Å². The number of amides is 3. The van der Waals surface area contributed by atoms with Crippen LogP contribution in [0.5, 0.6) is 0 Å². The fourth-order valence-corrected chi connectivity index (χ4v) is 3.98. The van der Waals surface area contributed by atoms with Gasteiger partial charge in [0, 0.05) is 35.8 Å². The fourth-order valence-electron chi connectivity index (χ4n) is 3.06. The maximum Gasteiger partial charge on any atom is 0.319 e. The molecular weight excluding hydrogens is 376 g/mol. The molecule has 3 amide bonds. The summed E-state index contributed by atoms with van der Waals surface area (Å²) in [7, 11) is 3.98. The third-order valence-corrected chi connectivity index (χ3v) is 5.59. The van der Waals surface area contributed by atoms with Gasteiger partial charge < -0.3 is 25.2 Å². The summed E-state index contributed by atoms with van der Waals surface area (Å²) in [6.45, 7) is 2.79. The van der Waals surface area contributed by atoms with E-state index in [1.807, 2.05) is 25.5 Å². The molecule has 1 aromatic heterocycles. The molecule has 2 N–H and O–H groups in total. The fraction of sp³-hybridized carbons (Fsp3) is 0.400. The predicted octanol–water partition coefficient (Wildman–Crippen LogP) is 2.64. The van der Waals surface area contributed by atoms with Crippen molar-refractivity contribution in [1.29, 1.82) is 0 Å². The SMILES string of the molecule is CN(C)C(CNC(=O)Nc1cccc(C(=O)N2CCOCC2)c1)c1cccs1. The second-order valence-corrected chi connectivity index (χ2v) is 7.79. The van der Waals surface area contributed by atoms with Crippen molar-refractivity contribution in [2.75, 3.05) is 52.3 Å². The summed E-state index contributed by atoms with van der Waals surface area (Å²) in [4.78, 5) is 30.0. The summed E-state index contributed by atoms with van der Waals surface area (Å²) < 4.78 is 5.29. The molecule has 1 saturated heterocycles. The number of ether oxygens (including phenoxy) is 1. The average molecular weight is 403 g/mol. The number of thiophene rings is 1. The molecule has 1 aliphatic rings. The van der Waals surface area contributed by atoms with Gasteiger partial charge in [-0.15, -0.1) is 11.3 Å². The van der Waals surface area contributed by atoms with Crippen LogP contribution < -0.4 is 10.6 Å². The van der Waals surface area contributed by atoms with Gasteiger partial charge in [0.15, 0.2) is 0 Å². The molecular formula is C20H26N4O3S. The van der Waals surface area contributed by atoms with Gasteiger partial charge in [-0.05, 0) is 43.7 Å². The zero-order chi connectivity index (χ0) is 19.9. The van der Waals surface area contributed by atoms with Crippen molar-refractivity contribution in [3.05, 3.63) is 52.2 Å². The largest absolute Gasteiger partial charge is 0.378 e. The summed E-state index contributed by atoms with van der Waals surface area (Å²) in [6, 6.07) is 10.9. The number of morpholine rings is 1. The van der Waals surface area contributed by atoms with Gasteiger partial charge in [0.25, 0.3) is 5.91 Å². The van der Waals surface area contributed by atoms with E-state index < -0.39 is 0 Å². The lowest BCUT2D eigenvalue weighted by Gasteiger charge is -2.27. The van der Waals surface area contributed by atoms with Crippen LogP contribution in [0.15, 0.2) is 41.8 Å². The van der Waals surface area contributed by atoms with Gasteiger partial charge in [-0.3, -0.25) is 4.79 Å². The minimum absolute atomic E-state index is 0.0438. The van der Waals surface area contributed by atoms with Crippen LogP contribution in [0.3, 0.4) is 0 Å². The molecule has 1 aromatic carbocycles. The molecule has 1 fully saturated rings. The number of carbonyl (C=O) groups excluding carboxylic acids is 2. The average Bonchev–Trinajstić information content (AvgIpc) is 3.22. The van der Waals surface area contributed by atoms with Crippen molar-refractivity contribution in [3.8, 4) is 0 Å². The van der Waals surface area contributed by atoms with Crippen LogP contribution in [-0.4, -0.2) is 68.7 Å². The van der Waals surface area contributed by atoms with Crippen molar-refractivity contribution in [3.63, 3.8) is 0 Å². The minimum Gasteiger partial charge on any atom is -0.378 e. The van der Waals surface area contributed by atoms with Crippen molar-refractivity contribution >= 4 is 29.0 Å². The third-order valence-electron chi connectivity index (χ3n) is 4.62. The first-order valence-corrected chi connectivity index (χ1v) is 10.1. The molecule has 0 bridgehead atoms. The number of benzene rings is 1. The van der Waals surface area contributed by atoms with Crippen LogP contribution in [0.1, 0.15) is 21.3 Å². The van der Waals surface area contributed by atoms with Gasteiger partial charge in [0.05, 0.1) is 19.3 Å². The van der Waals surface area contributed by atoms with E-state index in [-0.39, 0.29) is 18.0 Å². The quantitative estimate of drug-likeness (QED) is 0.779. The van der Waals surface area contributed by atoms with Crippen LogP contribution in [0.25, 0.3) is 0 Å². The first kappa shape index (κ1) is 20.3. The monoisotopic (exact) mass is 402 g/mol. The molecule has 0 saturated carbocycles. The Morgan fingerprint density at radius 3 is 2.68 bits per heavy atom. The Hall–Kier alpha value is -2.42. The first-order valence-electron chi connectivity index (χ1n) is 9.26. The summed E-state index contributed by atoms with van der Waals surface area (Å²) in [6.07, 6.45) is 0. The second-order valence-electron chi connectivity index (χ2n) is 6.82. The molecule has 1 atom stereocenters. The summed E-state index contributed by atoms with van der Waals surface area (Å²) >= 11 is 1.67. The van der Waals surface area contributed by atoms with Crippen LogP contribution in [0.2, 0.25) is 0 Å². The maximum atomic E-state index is 12.6. The van der Waals surface area contributed by atoms with Gasteiger partial charge in [0.1, 0.15) is 0 Å². The third kappa shape index (κ3) is 5.31. The van der Waals surface area contributed by atoms with Gasteiger partial charge in [-0.2, -0.15) is 0 Å². The molecule has 2 aromatic rings. The van der Waals surface area contributed by atoms with E-state index in [2.05, 4.69) is 21.6 Å². The molecule has 0 aliphatic carbocycles. The molecule has 3 rings (SSSR count). The van der Waals surface area contributed by atoms with E-state index in [4.69, 9.17) is 4.74 Å². The topological polar surface area (TPSA) is 73.9 Å². The molecule has 1 unspecified atom stereocenters. The van der Waals surface area contributed by atoms with Crippen molar-refractivity contribution in [2.45, 2.75) is 6.04 Å². The number of urea groups is 1. The van der Waals surface area contributed by atoms with E-state index in [9.17, 15) is 9.59 Å². The van der Waals surface area contributed by atoms with Gasteiger partial charge in [-0.25, -0.2) is 4.79 Å². The Morgan fingerprint density at radius 2 is 2.00 bits per heavy atom. The molecule has 8 heteroatoms. The maximum absolute atomic E-state index is 12.6. The first-order chi connectivity index (χ1) is 13.5. The molecule has 7 nitrogen and oxygen atoms in total. The zero-order valence-corrected chi connectivity index (χ0v) is 17.0. The van der Waals surface area contributed by atoms with Crippen LogP contribution in [-0.2, 0) is 4.74 Å². The van der Waals surface area contributed by atoms with Crippen molar-refractivity contribution < 1.29 is 14.3 Å². The molecule has 0 spiro atoms. The smallest absolute Gasteiger partial charge is 0.319 e. The Labute approximate surface area is 169 Å². The summed E-state index contributed by atoms with van der Waals surface area (Å²) in [5, 5.41) is 7.77. The molecule has 0 radical (unpaired) electrons. The molecule has 150 valence electrons. The van der Waals surface area contributed by atoms with Crippen LogP contribution in [0.4, 0.5) is 10.5 Å². The highest BCUT2D eigenvalue weighted by Crippen LogP contribution is 2.22.